The number of fused-ring (bicyclic) bond motifs is 2. The van der Waals surface area contributed by atoms with Crippen LogP contribution in [0.1, 0.15) is 39.7 Å². The number of nitrogens with zero attached hydrogens (tertiary/aromatic N) is 3. The topological polar surface area (TPSA) is 129 Å². The van der Waals surface area contributed by atoms with Crippen LogP contribution in [-0.2, 0) is 11.2 Å². The van der Waals surface area contributed by atoms with E-state index in [9.17, 15) is 18.8 Å². The van der Waals surface area contributed by atoms with Crippen molar-refractivity contribution in [3.63, 3.8) is 0 Å². The molecular weight excluding hydrogens is 463 g/mol. The van der Waals surface area contributed by atoms with Gasteiger partial charge < -0.3 is 14.9 Å². The van der Waals surface area contributed by atoms with Crippen molar-refractivity contribution in [1.29, 1.82) is 0 Å². The maximum atomic E-state index is 13.9. The molecule has 0 radical (unpaired) electrons. The molecule has 34 heavy (non-hydrogen) atoms. The first-order chi connectivity index (χ1) is 16.4. The number of benzene rings is 2. The van der Waals surface area contributed by atoms with E-state index in [2.05, 4.69) is 10.2 Å². The molecule has 1 aliphatic rings. The molecule has 2 N–H and O–H groups in total. The van der Waals surface area contributed by atoms with Gasteiger partial charge >= 0.3 is 0 Å². The molecule has 0 fully saturated rings. The monoisotopic (exact) mass is 480 g/mol. The third-order valence-corrected chi connectivity index (χ3v) is 6.44. The fraction of sp³-hybridized carbons (Fsp3) is 0.174. The van der Waals surface area contributed by atoms with Gasteiger partial charge in [-0.3, -0.25) is 19.3 Å². The highest BCUT2D eigenvalue weighted by Gasteiger charge is 2.45. The summed E-state index contributed by atoms with van der Waals surface area (Å²) in [5, 5.41) is 9.32. The Morgan fingerprint density at radius 2 is 1.97 bits per heavy atom. The predicted octanol–water partition coefficient (Wildman–Crippen LogP) is 2.96. The summed E-state index contributed by atoms with van der Waals surface area (Å²) in [4.78, 5) is 39.3. The van der Waals surface area contributed by atoms with Gasteiger partial charge in [-0.25, -0.2) is 4.39 Å². The van der Waals surface area contributed by atoms with Crippen LogP contribution in [0.2, 0.25) is 0 Å². The smallest absolute Gasteiger partial charge is 0.297 e. The highest BCUT2D eigenvalue weighted by atomic mass is 32.1. The van der Waals surface area contributed by atoms with Gasteiger partial charge in [0.2, 0.25) is 10.9 Å². The Kier molecular flexibility index (Phi) is 5.33. The molecule has 1 atom stereocenters. The Balaban J connectivity index is 1.68. The maximum Gasteiger partial charge on any atom is 0.297 e. The second-order valence-corrected chi connectivity index (χ2v) is 8.59. The fourth-order valence-corrected chi connectivity index (χ4v) is 4.65. The van der Waals surface area contributed by atoms with Crippen LogP contribution < -0.4 is 20.8 Å². The highest BCUT2D eigenvalue weighted by molar-refractivity contribution is 7.15. The van der Waals surface area contributed by atoms with E-state index in [1.165, 1.54) is 22.3 Å². The molecule has 5 rings (SSSR count). The zero-order valence-corrected chi connectivity index (χ0v) is 18.6. The summed E-state index contributed by atoms with van der Waals surface area (Å²) in [6, 6.07) is 9.21. The summed E-state index contributed by atoms with van der Waals surface area (Å²) in [6.45, 7) is 1.63. The predicted molar refractivity (Wildman–Crippen MR) is 122 cm³/mol. The Morgan fingerprint density at radius 3 is 2.65 bits per heavy atom. The number of rotatable bonds is 6. The fourth-order valence-electron chi connectivity index (χ4n) is 3.84. The molecule has 0 aliphatic carbocycles. The number of aryl methyl sites for hydroxylation is 1. The van der Waals surface area contributed by atoms with Crippen LogP contribution >= 0.6 is 11.3 Å². The number of carbonyl (C=O) groups is 2. The van der Waals surface area contributed by atoms with Crippen molar-refractivity contribution in [2.75, 3.05) is 11.5 Å². The molecule has 3 heterocycles. The lowest BCUT2D eigenvalue weighted by Crippen LogP contribution is -2.29. The first-order valence-corrected chi connectivity index (χ1v) is 11.1. The van der Waals surface area contributed by atoms with Gasteiger partial charge in [0.05, 0.1) is 17.0 Å². The molecule has 2 amide bonds. The molecule has 0 spiro atoms. The molecule has 11 heteroatoms. The number of carbonyl (C=O) groups excluding carboxylic acids is 2. The number of anilines is 1. The van der Waals surface area contributed by atoms with E-state index < -0.39 is 29.1 Å². The molecule has 9 nitrogen and oxygen atoms in total. The quantitative estimate of drug-likeness (QED) is 0.449. The molecule has 172 valence electrons. The van der Waals surface area contributed by atoms with Gasteiger partial charge in [0.15, 0.2) is 12.0 Å². The van der Waals surface area contributed by atoms with Crippen molar-refractivity contribution in [2.24, 2.45) is 5.73 Å². The van der Waals surface area contributed by atoms with Crippen molar-refractivity contribution in [1.82, 2.24) is 10.2 Å². The van der Waals surface area contributed by atoms with Gasteiger partial charge in [0, 0.05) is 0 Å². The summed E-state index contributed by atoms with van der Waals surface area (Å²) in [5.41, 5.74) is 5.37. The van der Waals surface area contributed by atoms with Gasteiger partial charge in [0.1, 0.15) is 22.2 Å². The molecule has 2 aromatic heterocycles. The lowest BCUT2D eigenvalue weighted by atomic mass is 9.98. The van der Waals surface area contributed by atoms with Gasteiger partial charge in [0.25, 0.3) is 11.8 Å². The summed E-state index contributed by atoms with van der Waals surface area (Å²) < 4.78 is 25.0. The van der Waals surface area contributed by atoms with E-state index >= 15 is 0 Å². The van der Waals surface area contributed by atoms with Gasteiger partial charge in [-0.1, -0.05) is 30.4 Å². The number of primary amides is 1. The third-order valence-electron chi connectivity index (χ3n) is 5.37. The largest absolute Gasteiger partial charge is 0.484 e. The van der Waals surface area contributed by atoms with E-state index in [4.69, 9.17) is 14.9 Å². The normalized spacial score (nSPS) is 15.1. The number of amides is 2. The first-order valence-electron chi connectivity index (χ1n) is 10.3. The third kappa shape index (κ3) is 3.59. The van der Waals surface area contributed by atoms with Crippen molar-refractivity contribution < 1.29 is 23.1 Å². The van der Waals surface area contributed by atoms with Gasteiger partial charge in [-0.05, 0) is 42.3 Å². The van der Waals surface area contributed by atoms with Crippen molar-refractivity contribution in [2.45, 2.75) is 19.4 Å². The molecule has 4 aromatic rings. The SMILES string of the molecule is CCc1nnc(N2C(=O)c3oc4ccc(F)cc4c(=O)c3C2c2ccc(OCC(N)=O)cc2)s1. The summed E-state index contributed by atoms with van der Waals surface area (Å²) in [6.07, 6.45) is 0.629. The number of hydrogen-bond acceptors (Lipinski definition) is 8. The summed E-state index contributed by atoms with van der Waals surface area (Å²) in [5.74, 6) is -1.50. The average molecular weight is 480 g/mol. The molecule has 0 saturated carbocycles. The number of nitrogens with two attached hydrogens (primary N) is 1. The van der Waals surface area contributed by atoms with Crippen LogP contribution in [-0.4, -0.2) is 28.6 Å². The Hall–Kier alpha value is -4.12. The number of aromatic nitrogens is 2. The summed E-state index contributed by atoms with van der Waals surface area (Å²) >= 11 is 1.23. The number of ether oxygens (including phenoxy) is 1. The Morgan fingerprint density at radius 1 is 1.21 bits per heavy atom. The number of halogens is 1. The van der Waals surface area contributed by atoms with E-state index in [0.717, 1.165) is 17.1 Å². The minimum Gasteiger partial charge on any atom is -0.484 e. The standard InChI is InChI=1S/C23H17FN4O5S/c1-2-17-26-27-23(34-17)28-19(11-3-6-13(7-4-11)32-10-16(25)29)18-20(30)14-9-12(24)5-8-15(14)33-21(18)22(28)31/h3-9,19H,2,10H2,1H3,(H2,25,29). The zero-order valence-electron chi connectivity index (χ0n) is 17.8. The van der Waals surface area contributed by atoms with Crippen molar-refractivity contribution in [3.8, 4) is 5.75 Å². The second kappa shape index (κ2) is 8.34. The van der Waals surface area contributed by atoms with Gasteiger partial charge in [-0.2, -0.15) is 0 Å². The minimum absolute atomic E-state index is 0.0336. The minimum atomic E-state index is -0.880. The maximum absolute atomic E-state index is 13.9. The van der Waals surface area contributed by atoms with Crippen molar-refractivity contribution in [3.05, 3.63) is 80.4 Å². The van der Waals surface area contributed by atoms with Crippen LogP contribution in [0.5, 0.6) is 5.75 Å². The van der Waals surface area contributed by atoms with E-state index in [1.54, 1.807) is 24.3 Å². The molecule has 1 unspecified atom stereocenters. The van der Waals surface area contributed by atoms with E-state index in [1.807, 2.05) is 6.92 Å². The number of hydrogen-bond donors (Lipinski definition) is 1. The van der Waals surface area contributed by atoms with Crippen LogP contribution in [0, 0.1) is 5.82 Å². The van der Waals surface area contributed by atoms with E-state index in [-0.39, 0.29) is 28.9 Å². The highest BCUT2D eigenvalue weighted by Crippen LogP contribution is 2.42. The van der Waals surface area contributed by atoms with Crippen LogP contribution in [0.3, 0.4) is 0 Å². The van der Waals surface area contributed by atoms with Crippen molar-refractivity contribution >= 4 is 39.3 Å². The average Bonchev–Trinajstić information content (AvgIpc) is 3.41. The summed E-state index contributed by atoms with van der Waals surface area (Å²) in [7, 11) is 0. The van der Waals surface area contributed by atoms with Crippen LogP contribution in [0.4, 0.5) is 9.52 Å². The Bertz CT molecular complexity index is 1500. The zero-order chi connectivity index (χ0) is 24.0. The van der Waals surface area contributed by atoms with Crippen LogP contribution in [0.15, 0.2) is 51.7 Å². The van der Waals surface area contributed by atoms with E-state index in [0.29, 0.717) is 22.9 Å². The molecule has 0 bridgehead atoms. The lowest BCUT2D eigenvalue weighted by molar-refractivity contribution is -0.119. The van der Waals surface area contributed by atoms with Crippen LogP contribution in [0.25, 0.3) is 11.0 Å². The lowest BCUT2D eigenvalue weighted by Gasteiger charge is -2.22. The molecule has 1 aliphatic heterocycles. The molecular formula is C23H17FN4O5S. The second-order valence-electron chi connectivity index (χ2n) is 7.55. The Labute approximate surface area is 195 Å². The molecule has 0 saturated heterocycles. The molecule has 2 aromatic carbocycles. The first kappa shape index (κ1) is 21.7. The van der Waals surface area contributed by atoms with Gasteiger partial charge in [-0.15, -0.1) is 10.2 Å².